The number of nitrogens with zero attached hydrogens (tertiary/aromatic N) is 6. The SMILES string of the molecule is COc1ccc(C)cc1-n1nnnc1SCc1nc(N)c2c3c(sc2n1)CCCC3. The highest BCUT2D eigenvalue weighted by Crippen LogP contribution is 2.38. The van der Waals surface area contributed by atoms with Gasteiger partial charge >= 0.3 is 0 Å². The molecule has 0 fully saturated rings. The maximum Gasteiger partial charge on any atom is 0.214 e. The molecule has 30 heavy (non-hydrogen) atoms. The number of aryl methyl sites for hydroxylation is 3. The van der Waals surface area contributed by atoms with Crippen LogP contribution in [0.25, 0.3) is 15.9 Å². The van der Waals surface area contributed by atoms with E-state index >= 15 is 0 Å². The molecule has 0 spiro atoms. The van der Waals surface area contributed by atoms with Gasteiger partial charge in [0.25, 0.3) is 0 Å². The summed E-state index contributed by atoms with van der Waals surface area (Å²) >= 11 is 3.23. The van der Waals surface area contributed by atoms with Gasteiger partial charge in [0, 0.05) is 4.88 Å². The van der Waals surface area contributed by atoms with Crippen LogP contribution < -0.4 is 10.5 Å². The Balaban J connectivity index is 1.43. The van der Waals surface area contributed by atoms with Gasteiger partial charge in [-0.25, -0.2) is 9.97 Å². The summed E-state index contributed by atoms with van der Waals surface area (Å²) in [6.07, 6.45) is 4.64. The van der Waals surface area contributed by atoms with Crippen LogP contribution in [0.5, 0.6) is 5.75 Å². The van der Waals surface area contributed by atoms with E-state index < -0.39 is 0 Å². The Morgan fingerprint density at radius 1 is 1.23 bits per heavy atom. The fraction of sp³-hybridized carbons (Fsp3) is 0.350. The first kappa shape index (κ1) is 19.3. The highest BCUT2D eigenvalue weighted by molar-refractivity contribution is 7.98. The van der Waals surface area contributed by atoms with Gasteiger partial charge in [0.15, 0.2) is 0 Å². The van der Waals surface area contributed by atoms with E-state index in [4.69, 9.17) is 15.5 Å². The number of fused-ring (bicyclic) bond motifs is 3. The Labute approximate surface area is 181 Å². The second-order valence-corrected chi connectivity index (χ2v) is 9.28. The standard InChI is InChI=1S/C20H21N7OS2/c1-11-7-8-14(28-2)13(9-11)27-20(24-25-26-27)29-10-16-22-18(21)17-12-5-3-4-6-15(12)30-19(17)23-16/h7-9H,3-6,10H2,1-2H3,(H2,21,22,23). The number of hydrogen-bond acceptors (Lipinski definition) is 9. The van der Waals surface area contributed by atoms with Gasteiger partial charge in [-0.15, -0.1) is 16.4 Å². The number of nitrogens with two attached hydrogens (primary N) is 1. The number of ether oxygens (including phenoxy) is 1. The van der Waals surface area contributed by atoms with Crippen molar-refractivity contribution in [2.45, 2.75) is 43.5 Å². The predicted octanol–water partition coefficient (Wildman–Crippen LogP) is 3.74. The minimum Gasteiger partial charge on any atom is -0.494 e. The number of rotatable bonds is 5. The molecule has 0 aliphatic heterocycles. The largest absolute Gasteiger partial charge is 0.494 e. The van der Waals surface area contributed by atoms with Crippen molar-refractivity contribution < 1.29 is 4.74 Å². The molecule has 5 rings (SSSR count). The van der Waals surface area contributed by atoms with Crippen LogP contribution >= 0.6 is 23.1 Å². The maximum absolute atomic E-state index is 6.33. The topological polar surface area (TPSA) is 105 Å². The van der Waals surface area contributed by atoms with Gasteiger partial charge in [0.05, 0.1) is 18.2 Å². The Kier molecular flexibility index (Phi) is 5.03. The van der Waals surface area contributed by atoms with Crippen LogP contribution in [0.2, 0.25) is 0 Å². The van der Waals surface area contributed by atoms with Crippen LogP contribution in [0, 0.1) is 6.92 Å². The highest BCUT2D eigenvalue weighted by Gasteiger charge is 2.21. The summed E-state index contributed by atoms with van der Waals surface area (Å²) in [4.78, 5) is 11.8. The lowest BCUT2D eigenvalue weighted by atomic mass is 9.97. The second-order valence-electron chi connectivity index (χ2n) is 7.25. The summed E-state index contributed by atoms with van der Waals surface area (Å²) < 4.78 is 7.16. The third-order valence-electron chi connectivity index (χ3n) is 5.22. The highest BCUT2D eigenvalue weighted by atomic mass is 32.2. The average molecular weight is 440 g/mol. The lowest BCUT2D eigenvalue weighted by molar-refractivity contribution is 0.410. The average Bonchev–Trinajstić information content (AvgIpc) is 3.36. The molecule has 10 heteroatoms. The zero-order valence-electron chi connectivity index (χ0n) is 16.8. The second kappa shape index (κ2) is 7.84. The zero-order valence-corrected chi connectivity index (χ0v) is 18.4. The van der Waals surface area contributed by atoms with Gasteiger partial charge in [0.1, 0.15) is 27.9 Å². The van der Waals surface area contributed by atoms with E-state index in [1.807, 2.05) is 25.1 Å². The molecular formula is C20H21N7OS2. The monoisotopic (exact) mass is 439 g/mol. The Morgan fingerprint density at radius 3 is 2.97 bits per heavy atom. The summed E-state index contributed by atoms with van der Waals surface area (Å²) in [5.41, 5.74) is 9.58. The van der Waals surface area contributed by atoms with Crippen molar-refractivity contribution in [3.63, 3.8) is 0 Å². The summed E-state index contributed by atoms with van der Waals surface area (Å²) in [6, 6.07) is 5.90. The zero-order chi connectivity index (χ0) is 20.7. The summed E-state index contributed by atoms with van der Waals surface area (Å²) in [7, 11) is 1.64. The van der Waals surface area contributed by atoms with E-state index in [2.05, 4.69) is 20.5 Å². The predicted molar refractivity (Wildman–Crippen MR) is 118 cm³/mol. The van der Waals surface area contributed by atoms with Crippen LogP contribution in [0.4, 0.5) is 5.82 Å². The number of methoxy groups -OCH3 is 1. The van der Waals surface area contributed by atoms with Crippen molar-refractivity contribution in [3.8, 4) is 11.4 Å². The number of aromatic nitrogens is 6. The molecule has 2 N–H and O–H groups in total. The summed E-state index contributed by atoms with van der Waals surface area (Å²) in [6.45, 7) is 2.02. The molecule has 1 aromatic carbocycles. The van der Waals surface area contributed by atoms with E-state index in [-0.39, 0.29) is 0 Å². The third-order valence-corrected chi connectivity index (χ3v) is 7.32. The first-order chi connectivity index (χ1) is 14.6. The van der Waals surface area contributed by atoms with Crippen molar-refractivity contribution in [1.82, 2.24) is 30.2 Å². The summed E-state index contributed by atoms with van der Waals surface area (Å²) in [5.74, 6) is 2.50. The molecule has 3 aromatic heterocycles. The fourth-order valence-corrected chi connectivity index (χ4v) is 5.84. The maximum atomic E-state index is 6.33. The van der Waals surface area contributed by atoms with Crippen molar-refractivity contribution in [2.24, 2.45) is 0 Å². The van der Waals surface area contributed by atoms with Crippen LogP contribution in [-0.4, -0.2) is 37.3 Å². The van der Waals surface area contributed by atoms with Gasteiger partial charge in [-0.2, -0.15) is 4.68 Å². The van der Waals surface area contributed by atoms with Gasteiger partial charge in [-0.1, -0.05) is 17.8 Å². The van der Waals surface area contributed by atoms with Crippen LogP contribution in [0.15, 0.2) is 23.4 Å². The molecule has 0 radical (unpaired) electrons. The van der Waals surface area contributed by atoms with E-state index in [1.165, 1.54) is 35.0 Å². The number of nitrogen functional groups attached to an aromatic ring is 1. The van der Waals surface area contributed by atoms with Crippen molar-refractivity contribution >= 4 is 39.1 Å². The van der Waals surface area contributed by atoms with Gasteiger partial charge in [0.2, 0.25) is 5.16 Å². The molecule has 4 aromatic rings. The summed E-state index contributed by atoms with van der Waals surface area (Å²) in [5, 5.41) is 13.9. The number of thioether (sulfide) groups is 1. The molecule has 0 unspecified atom stereocenters. The molecule has 154 valence electrons. The smallest absolute Gasteiger partial charge is 0.214 e. The quantitative estimate of drug-likeness (QED) is 0.469. The minimum absolute atomic E-state index is 0.525. The van der Waals surface area contributed by atoms with Crippen molar-refractivity contribution in [3.05, 3.63) is 40.0 Å². The van der Waals surface area contributed by atoms with Crippen LogP contribution in [0.1, 0.15) is 34.7 Å². The lowest BCUT2D eigenvalue weighted by Crippen LogP contribution is -2.04. The number of hydrogen-bond donors (Lipinski definition) is 1. The Hall–Kier alpha value is -2.72. The van der Waals surface area contributed by atoms with E-state index in [1.54, 1.807) is 23.1 Å². The third kappa shape index (κ3) is 3.39. The number of tetrazole rings is 1. The van der Waals surface area contributed by atoms with E-state index in [0.29, 0.717) is 28.3 Å². The van der Waals surface area contributed by atoms with Crippen molar-refractivity contribution in [1.29, 1.82) is 0 Å². The Morgan fingerprint density at radius 2 is 2.10 bits per heavy atom. The molecule has 8 nitrogen and oxygen atoms in total. The Bertz CT molecular complexity index is 1230. The van der Waals surface area contributed by atoms with Gasteiger partial charge in [-0.05, 0) is 66.3 Å². The van der Waals surface area contributed by atoms with E-state index in [9.17, 15) is 0 Å². The molecule has 0 atom stereocenters. The first-order valence-electron chi connectivity index (χ1n) is 9.77. The van der Waals surface area contributed by atoms with E-state index in [0.717, 1.165) is 34.3 Å². The first-order valence-corrected chi connectivity index (χ1v) is 11.6. The molecule has 0 amide bonds. The molecule has 0 saturated carbocycles. The van der Waals surface area contributed by atoms with Gasteiger partial charge < -0.3 is 10.5 Å². The molecule has 0 saturated heterocycles. The molecule has 0 bridgehead atoms. The minimum atomic E-state index is 0.525. The molecular weight excluding hydrogens is 418 g/mol. The fourth-order valence-electron chi connectivity index (χ4n) is 3.81. The molecule has 3 heterocycles. The van der Waals surface area contributed by atoms with Crippen molar-refractivity contribution in [2.75, 3.05) is 12.8 Å². The number of benzene rings is 1. The normalized spacial score (nSPS) is 13.5. The van der Waals surface area contributed by atoms with Gasteiger partial charge in [-0.3, -0.25) is 0 Å². The van der Waals surface area contributed by atoms with Crippen LogP contribution in [-0.2, 0) is 18.6 Å². The lowest BCUT2D eigenvalue weighted by Gasteiger charge is -2.11. The number of anilines is 1. The molecule has 1 aliphatic rings. The molecule has 1 aliphatic carbocycles. The number of thiophene rings is 1. The van der Waals surface area contributed by atoms with Crippen LogP contribution in [0.3, 0.4) is 0 Å².